The second-order valence-electron chi connectivity index (χ2n) is 4.18. The number of H-pyrrole nitrogens is 1. The Kier molecular flexibility index (Phi) is 4.75. The molecule has 0 saturated heterocycles. The third-order valence-electron chi connectivity index (χ3n) is 2.37. The number of anilines is 1. The highest BCUT2D eigenvalue weighted by Crippen LogP contribution is 2.25. The zero-order valence-corrected chi connectivity index (χ0v) is 12.6. The van der Waals surface area contributed by atoms with Gasteiger partial charge in [0.05, 0.1) is 6.61 Å². The van der Waals surface area contributed by atoms with E-state index in [4.69, 9.17) is 10.6 Å². The van der Waals surface area contributed by atoms with Gasteiger partial charge < -0.3 is 4.74 Å². The van der Waals surface area contributed by atoms with Crippen LogP contribution in [0.5, 0.6) is 6.01 Å². The van der Waals surface area contributed by atoms with E-state index in [1.54, 1.807) is 0 Å². The number of nitrogens with zero attached hydrogens (tertiary/aromatic N) is 5. The highest BCUT2D eigenvalue weighted by Gasteiger charge is 2.16. The van der Waals surface area contributed by atoms with Crippen molar-refractivity contribution < 1.29 is 4.74 Å². The molecule has 2 aromatic rings. The Bertz CT molecular complexity index is 667. The minimum absolute atomic E-state index is 0.0425. The lowest BCUT2D eigenvalue weighted by atomic mass is 10.4. The van der Waals surface area contributed by atoms with Crippen molar-refractivity contribution in [2.24, 2.45) is 5.84 Å². The summed E-state index contributed by atoms with van der Waals surface area (Å²) in [7, 11) is 0. The van der Waals surface area contributed by atoms with Gasteiger partial charge in [0, 0.05) is 6.04 Å². The van der Waals surface area contributed by atoms with Crippen LogP contribution in [0.25, 0.3) is 0 Å². The molecule has 10 nitrogen and oxygen atoms in total. The van der Waals surface area contributed by atoms with Crippen molar-refractivity contribution in [3.63, 3.8) is 0 Å². The highest BCUT2D eigenvalue weighted by molar-refractivity contribution is 7.99. The molecule has 0 saturated carbocycles. The molecular formula is C10H16N8O2S. The van der Waals surface area contributed by atoms with Gasteiger partial charge in [-0.05, 0) is 32.5 Å². The second kappa shape index (κ2) is 6.54. The third-order valence-corrected chi connectivity index (χ3v) is 3.20. The second-order valence-corrected chi connectivity index (χ2v) is 5.11. The predicted octanol–water partition coefficient (Wildman–Crippen LogP) is 0.173. The van der Waals surface area contributed by atoms with E-state index < -0.39 is 0 Å². The van der Waals surface area contributed by atoms with E-state index in [9.17, 15) is 4.79 Å². The number of hydrazine groups is 1. The van der Waals surface area contributed by atoms with Crippen LogP contribution in [-0.2, 0) is 0 Å². The summed E-state index contributed by atoms with van der Waals surface area (Å²) in [6.07, 6.45) is 0. The maximum atomic E-state index is 11.7. The molecule has 4 N–H and O–H groups in total. The summed E-state index contributed by atoms with van der Waals surface area (Å²) < 4.78 is 6.75. The molecule has 0 unspecified atom stereocenters. The van der Waals surface area contributed by atoms with Crippen LogP contribution in [0.3, 0.4) is 0 Å². The Morgan fingerprint density at radius 3 is 2.81 bits per heavy atom. The molecule has 0 radical (unpaired) electrons. The van der Waals surface area contributed by atoms with Crippen LogP contribution < -0.4 is 21.7 Å². The average molecular weight is 312 g/mol. The van der Waals surface area contributed by atoms with Crippen molar-refractivity contribution in [3.8, 4) is 6.01 Å². The summed E-state index contributed by atoms with van der Waals surface area (Å²) in [6, 6.07) is 0.107. The maximum absolute atomic E-state index is 11.7. The van der Waals surface area contributed by atoms with Crippen LogP contribution in [-0.4, -0.2) is 36.3 Å². The number of nitrogen functional groups attached to an aromatic ring is 1. The van der Waals surface area contributed by atoms with Crippen LogP contribution in [0.1, 0.15) is 26.8 Å². The number of aromatic nitrogens is 6. The zero-order chi connectivity index (χ0) is 15.4. The normalized spacial score (nSPS) is 10.9. The van der Waals surface area contributed by atoms with Gasteiger partial charge in [-0.15, -0.1) is 5.10 Å². The summed E-state index contributed by atoms with van der Waals surface area (Å²) in [4.78, 5) is 23.9. The minimum atomic E-state index is -0.288. The number of nitrogens with two attached hydrogens (primary N) is 1. The molecule has 0 aliphatic carbocycles. The fourth-order valence-electron chi connectivity index (χ4n) is 1.54. The molecule has 2 rings (SSSR count). The molecule has 0 aliphatic rings. The quantitative estimate of drug-likeness (QED) is 0.503. The zero-order valence-electron chi connectivity index (χ0n) is 11.8. The van der Waals surface area contributed by atoms with E-state index in [0.29, 0.717) is 16.9 Å². The number of hydrogen-bond acceptors (Lipinski definition) is 9. The topological polar surface area (TPSA) is 137 Å². The van der Waals surface area contributed by atoms with Gasteiger partial charge in [-0.1, -0.05) is 0 Å². The standard InChI is InChI=1S/C10H16N8O2S/c1-4-20-7-12-6(15-11)13-8(14-7)21-10-17-16-9(19)18(10)5(2)3/h5H,4,11H2,1-3H3,(H,16,19)(H,12,13,14,15). The van der Waals surface area contributed by atoms with Crippen LogP contribution in [0.2, 0.25) is 0 Å². The molecule has 2 aromatic heterocycles. The number of aromatic amines is 1. The average Bonchev–Trinajstić information content (AvgIpc) is 2.79. The molecule has 0 fully saturated rings. The molecule has 0 bridgehead atoms. The summed E-state index contributed by atoms with van der Waals surface area (Å²) in [5.41, 5.74) is 2.05. The van der Waals surface area contributed by atoms with E-state index in [0.717, 1.165) is 11.8 Å². The fourth-order valence-corrected chi connectivity index (χ4v) is 2.44. The molecule has 0 spiro atoms. The first kappa shape index (κ1) is 15.3. The molecule has 11 heteroatoms. The molecule has 21 heavy (non-hydrogen) atoms. The van der Waals surface area contributed by atoms with Gasteiger partial charge in [0.1, 0.15) is 0 Å². The fraction of sp³-hybridized carbons (Fsp3) is 0.500. The van der Waals surface area contributed by atoms with E-state index in [1.807, 2.05) is 20.8 Å². The Morgan fingerprint density at radius 2 is 2.19 bits per heavy atom. The molecule has 0 aliphatic heterocycles. The lowest BCUT2D eigenvalue weighted by molar-refractivity contribution is 0.308. The molecule has 2 heterocycles. The SMILES string of the molecule is CCOc1nc(NN)nc(Sc2n[nH]c(=O)n2C(C)C)n1. The van der Waals surface area contributed by atoms with Crippen LogP contribution in [0.4, 0.5) is 5.95 Å². The Labute approximate surface area is 124 Å². The van der Waals surface area contributed by atoms with Gasteiger partial charge in [0.2, 0.25) is 11.1 Å². The Morgan fingerprint density at radius 1 is 1.43 bits per heavy atom. The van der Waals surface area contributed by atoms with Crippen molar-refractivity contribution >= 4 is 17.7 Å². The predicted molar refractivity (Wildman–Crippen MR) is 76.2 cm³/mol. The Hall–Kier alpha value is -2.14. The number of rotatable bonds is 6. The number of hydrogen-bond donors (Lipinski definition) is 3. The summed E-state index contributed by atoms with van der Waals surface area (Å²) in [6.45, 7) is 5.99. The van der Waals surface area contributed by atoms with Gasteiger partial charge in [-0.2, -0.15) is 15.0 Å². The first-order valence-electron chi connectivity index (χ1n) is 6.25. The van der Waals surface area contributed by atoms with Gasteiger partial charge in [0.25, 0.3) is 0 Å². The molecule has 0 aromatic carbocycles. The van der Waals surface area contributed by atoms with Crippen molar-refractivity contribution in [3.05, 3.63) is 10.5 Å². The molecule has 0 atom stereocenters. The summed E-state index contributed by atoms with van der Waals surface area (Å²) >= 11 is 1.12. The lowest BCUT2D eigenvalue weighted by Crippen LogP contribution is -2.19. The van der Waals surface area contributed by atoms with Crippen LogP contribution in [0.15, 0.2) is 15.1 Å². The molecular weight excluding hydrogens is 296 g/mol. The maximum Gasteiger partial charge on any atom is 0.344 e. The minimum Gasteiger partial charge on any atom is -0.464 e. The van der Waals surface area contributed by atoms with E-state index in [-0.39, 0.29) is 23.7 Å². The highest BCUT2D eigenvalue weighted by atomic mass is 32.2. The van der Waals surface area contributed by atoms with E-state index in [2.05, 4.69) is 30.6 Å². The van der Waals surface area contributed by atoms with Crippen LogP contribution >= 0.6 is 11.8 Å². The number of ether oxygens (including phenoxy) is 1. The van der Waals surface area contributed by atoms with E-state index in [1.165, 1.54) is 4.57 Å². The number of nitrogens with one attached hydrogen (secondary N) is 2. The van der Waals surface area contributed by atoms with Gasteiger partial charge in [0.15, 0.2) is 5.16 Å². The largest absolute Gasteiger partial charge is 0.464 e. The van der Waals surface area contributed by atoms with Crippen LogP contribution in [0, 0.1) is 0 Å². The van der Waals surface area contributed by atoms with Gasteiger partial charge in [-0.3, -0.25) is 9.99 Å². The van der Waals surface area contributed by atoms with Crippen molar-refractivity contribution in [1.82, 2.24) is 29.7 Å². The third kappa shape index (κ3) is 3.49. The van der Waals surface area contributed by atoms with E-state index >= 15 is 0 Å². The smallest absolute Gasteiger partial charge is 0.344 e. The van der Waals surface area contributed by atoms with Crippen molar-refractivity contribution in [2.45, 2.75) is 37.1 Å². The summed E-state index contributed by atoms with van der Waals surface area (Å²) in [5.74, 6) is 5.49. The van der Waals surface area contributed by atoms with Crippen molar-refractivity contribution in [2.75, 3.05) is 12.0 Å². The molecule has 114 valence electrons. The van der Waals surface area contributed by atoms with Gasteiger partial charge >= 0.3 is 11.7 Å². The Balaban J connectivity index is 2.35. The lowest BCUT2D eigenvalue weighted by Gasteiger charge is -2.09. The monoisotopic (exact) mass is 312 g/mol. The first-order chi connectivity index (χ1) is 10.0. The summed E-state index contributed by atoms with van der Waals surface area (Å²) in [5, 5.41) is 7.13. The first-order valence-corrected chi connectivity index (χ1v) is 7.07. The van der Waals surface area contributed by atoms with Crippen molar-refractivity contribution in [1.29, 1.82) is 0 Å². The molecule has 0 amide bonds. The van der Waals surface area contributed by atoms with Gasteiger partial charge in [-0.25, -0.2) is 15.7 Å².